The molecule has 4 rings (SSSR count). The van der Waals surface area contributed by atoms with Crippen LogP contribution >= 0.6 is 0 Å². The molecule has 0 N–H and O–H groups in total. The van der Waals surface area contributed by atoms with Gasteiger partial charge in [-0.2, -0.15) is 0 Å². The van der Waals surface area contributed by atoms with Crippen LogP contribution in [0.15, 0.2) is 41.2 Å². The van der Waals surface area contributed by atoms with E-state index in [1.165, 1.54) is 12.1 Å². The summed E-state index contributed by atoms with van der Waals surface area (Å²) in [5.74, 6) is -2.17. The minimum atomic E-state index is -0.806. The van der Waals surface area contributed by atoms with Crippen molar-refractivity contribution in [3.8, 4) is 0 Å². The number of esters is 2. The van der Waals surface area contributed by atoms with Crippen molar-refractivity contribution in [2.75, 3.05) is 0 Å². The molecule has 2 aromatic carbocycles. The Balaban J connectivity index is 1.94. The second-order valence-electron chi connectivity index (χ2n) is 10.7. The number of imidazole rings is 1. The lowest BCUT2D eigenvalue weighted by atomic mass is 9.83. The third-order valence-electron chi connectivity index (χ3n) is 5.48. The first-order valence-corrected chi connectivity index (χ1v) is 11.6. The van der Waals surface area contributed by atoms with Crippen LogP contribution in [-0.2, 0) is 32.2 Å². The Labute approximate surface area is 207 Å². The molecule has 1 aliphatic carbocycles. The molecule has 0 fully saturated rings. The van der Waals surface area contributed by atoms with Crippen molar-refractivity contribution in [1.82, 2.24) is 9.13 Å². The van der Waals surface area contributed by atoms with E-state index in [9.17, 15) is 24.0 Å². The molecule has 3 aromatic rings. The number of carbonyl (C=O) groups excluding carboxylic acids is 4. The molecule has 188 valence electrons. The molecule has 0 saturated carbocycles. The average molecular weight is 493 g/mol. The monoisotopic (exact) mass is 492 g/mol. The first kappa shape index (κ1) is 25.1. The van der Waals surface area contributed by atoms with E-state index < -0.39 is 47.7 Å². The summed E-state index contributed by atoms with van der Waals surface area (Å²) in [6, 6.07) is 9.41. The van der Waals surface area contributed by atoms with Crippen LogP contribution in [0, 0.1) is 0 Å². The highest BCUT2D eigenvalue weighted by molar-refractivity contribution is 6.31. The van der Waals surface area contributed by atoms with Gasteiger partial charge in [-0.3, -0.25) is 28.3 Å². The molecule has 0 saturated heterocycles. The summed E-state index contributed by atoms with van der Waals surface area (Å²) < 4.78 is 13.0. The molecule has 1 aliphatic rings. The highest BCUT2D eigenvalue weighted by atomic mass is 16.6. The van der Waals surface area contributed by atoms with Crippen molar-refractivity contribution in [3.63, 3.8) is 0 Å². The van der Waals surface area contributed by atoms with Crippen LogP contribution in [0.5, 0.6) is 0 Å². The van der Waals surface area contributed by atoms with E-state index in [-0.39, 0.29) is 39.1 Å². The standard InChI is InChI=1S/C27H28N2O7/c1-26(2,3)35-19(30)13-28-18-12-11-17-21(24(33)16-10-8-7-9-15(16)23(17)32)22(18)29(25(28)34)14-20(31)36-27(4,5)6/h7-12H,13-14H2,1-6H3. The fourth-order valence-corrected chi connectivity index (χ4v) is 4.30. The average Bonchev–Trinajstić information content (AvgIpc) is 3.00. The molecule has 0 atom stereocenters. The molecule has 0 radical (unpaired) electrons. The molecular weight excluding hydrogens is 464 g/mol. The third-order valence-corrected chi connectivity index (χ3v) is 5.48. The van der Waals surface area contributed by atoms with Crippen LogP contribution in [0.1, 0.15) is 73.4 Å². The molecule has 0 bridgehead atoms. The summed E-state index contributed by atoms with van der Waals surface area (Å²) in [6.45, 7) is 9.26. The number of nitrogens with zero attached hydrogens (tertiary/aromatic N) is 2. The van der Waals surface area contributed by atoms with Gasteiger partial charge in [0.1, 0.15) is 24.3 Å². The van der Waals surface area contributed by atoms with Gasteiger partial charge in [0, 0.05) is 16.7 Å². The van der Waals surface area contributed by atoms with Gasteiger partial charge >= 0.3 is 17.6 Å². The molecule has 0 amide bonds. The van der Waals surface area contributed by atoms with E-state index in [0.717, 1.165) is 9.13 Å². The van der Waals surface area contributed by atoms with Crippen molar-refractivity contribution in [3.05, 3.63) is 69.1 Å². The van der Waals surface area contributed by atoms with Gasteiger partial charge < -0.3 is 9.47 Å². The second-order valence-corrected chi connectivity index (χ2v) is 10.7. The van der Waals surface area contributed by atoms with E-state index in [0.29, 0.717) is 0 Å². The number of ether oxygens (including phenoxy) is 2. The molecule has 9 heteroatoms. The Morgan fingerprint density at radius 3 is 1.72 bits per heavy atom. The zero-order valence-electron chi connectivity index (χ0n) is 21.1. The summed E-state index contributed by atoms with van der Waals surface area (Å²) in [5.41, 5.74) is -1.34. The van der Waals surface area contributed by atoms with E-state index in [2.05, 4.69) is 0 Å². The third kappa shape index (κ3) is 4.60. The summed E-state index contributed by atoms with van der Waals surface area (Å²) in [4.78, 5) is 65.7. The minimum Gasteiger partial charge on any atom is -0.459 e. The van der Waals surface area contributed by atoms with E-state index in [1.807, 2.05) is 0 Å². The van der Waals surface area contributed by atoms with Gasteiger partial charge in [0.05, 0.1) is 16.6 Å². The zero-order valence-corrected chi connectivity index (χ0v) is 21.1. The Bertz CT molecular complexity index is 1490. The Kier molecular flexibility index (Phi) is 5.98. The van der Waals surface area contributed by atoms with Gasteiger partial charge in [-0.25, -0.2) is 4.79 Å². The number of aromatic nitrogens is 2. The quantitative estimate of drug-likeness (QED) is 0.402. The molecular formula is C27H28N2O7. The zero-order chi connectivity index (χ0) is 26.6. The predicted octanol–water partition coefficient (Wildman–Crippen LogP) is 3.26. The molecule has 0 unspecified atom stereocenters. The lowest BCUT2D eigenvalue weighted by molar-refractivity contribution is -0.156. The number of ketones is 2. The minimum absolute atomic E-state index is 0.0137. The van der Waals surface area contributed by atoms with Crippen molar-refractivity contribution in [1.29, 1.82) is 0 Å². The number of benzene rings is 2. The van der Waals surface area contributed by atoms with Crippen molar-refractivity contribution < 1.29 is 28.7 Å². The number of carbonyl (C=O) groups is 4. The Morgan fingerprint density at radius 1 is 0.694 bits per heavy atom. The van der Waals surface area contributed by atoms with Crippen molar-refractivity contribution >= 4 is 34.5 Å². The van der Waals surface area contributed by atoms with E-state index >= 15 is 0 Å². The molecule has 0 aliphatic heterocycles. The van der Waals surface area contributed by atoms with Crippen LogP contribution in [0.2, 0.25) is 0 Å². The van der Waals surface area contributed by atoms with Gasteiger partial charge in [0.2, 0.25) is 0 Å². The molecule has 1 heterocycles. The van der Waals surface area contributed by atoms with Gasteiger partial charge in [0.15, 0.2) is 11.6 Å². The number of fused-ring (bicyclic) bond motifs is 4. The largest absolute Gasteiger partial charge is 0.459 e. The summed E-state index contributed by atoms with van der Waals surface area (Å²) in [6.07, 6.45) is 0. The lowest BCUT2D eigenvalue weighted by Crippen LogP contribution is -2.34. The Morgan fingerprint density at radius 2 is 1.19 bits per heavy atom. The van der Waals surface area contributed by atoms with Crippen LogP contribution in [0.25, 0.3) is 11.0 Å². The van der Waals surface area contributed by atoms with Crippen molar-refractivity contribution in [2.24, 2.45) is 0 Å². The maximum absolute atomic E-state index is 13.6. The predicted molar refractivity (Wildman–Crippen MR) is 131 cm³/mol. The van der Waals surface area contributed by atoms with Crippen LogP contribution < -0.4 is 5.69 Å². The lowest BCUT2D eigenvalue weighted by Gasteiger charge is -2.21. The highest BCUT2D eigenvalue weighted by Gasteiger charge is 2.34. The highest BCUT2D eigenvalue weighted by Crippen LogP contribution is 2.32. The fourth-order valence-electron chi connectivity index (χ4n) is 4.30. The fraction of sp³-hybridized carbons (Fsp3) is 0.370. The van der Waals surface area contributed by atoms with Gasteiger partial charge in [-0.1, -0.05) is 24.3 Å². The van der Waals surface area contributed by atoms with Crippen molar-refractivity contribution in [2.45, 2.75) is 65.8 Å². The van der Waals surface area contributed by atoms with Gasteiger partial charge in [-0.15, -0.1) is 0 Å². The Hall–Kier alpha value is -4.01. The summed E-state index contributed by atoms with van der Waals surface area (Å²) in [5, 5.41) is 0. The maximum Gasteiger partial charge on any atom is 0.330 e. The van der Waals surface area contributed by atoms with Crippen LogP contribution in [0.4, 0.5) is 0 Å². The van der Waals surface area contributed by atoms with Gasteiger partial charge in [0.25, 0.3) is 0 Å². The topological polar surface area (TPSA) is 114 Å². The van der Waals surface area contributed by atoms with Gasteiger partial charge in [-0.05, 0) is 53.7 Å². The van der Waals surface area contributed by atoms with E-state index in [4.69, 9.17) is 9.47 Å². The maximum atomic E-state index is 13.6. The van der Waals surface area contributed by atoms with Crippen LogP contribution in [-0.4, -0.2) is 43.8 Å². The SMILES string of the molecule is CC(C)(C)OC(=O)Cn1c(=O)n(CC(=O)OC(C)(C)C)c2c3c(ccc21)C(=O)c1ccccc1C3=O. The smallest absolute Gasteiger partial charge is 0.330 e. The number of hydrogen-bond donors (Lipinski definition) is 0. The number of rotatable bonds is 4. The molecule has 36 heavy (non-hydrogen) atoms. The number of hydrogen-bond acceptors (Lipinski definition) is 7. The molecule has 9 nitrogen and oxygen atoms in total. The first-order chi connectivity index (χ1) is 16.7. The molecule has 1 aromatic heterocycles. The second kappa shape index (κ2) is 8.58. The first-order valence-electron chi connectivity index (χ1n) is 11.6. The summed E-state index contributed by atoms with van der Waals surface area (Å²) >= 11 is 0. The summed E-state index contributed by atoms with van der Waals surface area (Å²) in [7, 11) is 0. The van der Waals surface area contributed by atoms with Crippen LogP contribution in [0.3, 0.4) is 0 Å². The molecule has 0 spiro atoms. The normalized spacial score (nSPS) is 13.4. The van der Waals surface area contributed by atoms with E-state index in [1.54, 1.807) is 65.8 Å².